The fraction of sp³-hybridized carbons (Fsp3) is 0. The third-order valence-corrected chi connectivity index (χ3v) is 2.94. The molecule has 102 valence electrons. The van der Waals surface area contributed by atoms with Gasteiger partial charge in [0.1, 0.15) is 23.6 Å². The molecule has 0 heterocycles. The van der Waals surface area contributed by atoms with E-state index >= 15 is 0 Å². The molecule has 0 aliphatic heterocycles. The average Bonchev–Trinajstić information content (AvgIpc) is 2.49. The number of ether oxygens (including phenoxy) is 1. The van der Waals surface area contributed by atoms with Gasteiger partial charge in [0.15, 0.2) is 0 Å². The number of carboxylic acid groups (broad SMARTS) is 1. The number of aromatic carboxylic acids is 1. The van der Waals surface area contributed by atoms with Crippen molar-refractivity contribution in [3.05, 3.63) is 58.1 Å². The van der Waals surface area contributed by atoms with Crippen molar-refractivity contribution in [2.45, 2.75) is 0 Å². The maximum Gasteiger partial charge on any atom is 0.335 e. The Kier molecular flexibility index (Phi) is 4.08. The Balaban J connectivity index is 2.34. The smallest absolute Gasteiger partial charge is 0.335 e. The number of hydrogen-bond donors (Lipinski definition) is 1. The molecule has 1 N–H and O–H groups in total. The highest BCUT2D eigenvalue weighted by molar-refractivity contribution is 6.32. The lowest BCUT2D eigenvalue weighted by Gasteiger charge is -2.09. The van der Waals surface area contributed by atoms with Crippen LogP contribution in [0.25, 0.3) is 0 Å². The molecule has 0 bridgehead atoms. The van der Waals surface area contributed by atoms with E-state index in [0.29, 0.717) is 5.75 Å². The van der Waals surface area contributed by atoms with Crippen LogP contribution in [0.4, 0.5) is 0 Å². The summed E-state index contributed by atoms with van der Waals surface area (Å²) < 4.78 is 5.50. The van der Waals surface area contributed by atoms with Crippen LogP contribution in [0.2, 0.25) is 5.02 Å². The monoisotopic (exact) mass is 298 g/mol. The van der Waals surface area contributed by atoms with Crippen molar-refractivity contribution >= 4 is 17.6 Å². The fourth-order valence-corrected chi connectivity index (χ4v) is 1.81. The first-order chi connectivity index (χ1) is 10.0. The predicted octanol–water partition coefficient (Wildman–Crippen LogP) is 3.57. The molecule has 0 fully saturated rings. The molecular formula is C15H7ClN2O3. The number of halogens is 1. The molecule has 2 aromatic carbocycles. The first-order valence-corrected chi connectivity index (χ1v) is 6.08. The van der Waals surface area contributed by atoms with E-state index in [1.54, 1.807) is 0 Å². The highest BCUT2D eigenvalue weighted by atomic mass is 35.5. The Bertz CT molecular complexity index is 786. The van der Waals surface area contributed by atoms with Crippen molar-refractivity contribution in [2.75, 3.05) is 0 Å². The number of carbonyl (C=O) groups is 1. The van der Waals surface area contributed by atoms with Gasteiger partial charge in [0.25, 0.3) is 0 Å². The summed E-state index contributed by atoms with van der Waals surface area (Å²) in [5.41, 5.74) is 0.445. The Morgan fingerprint density at radius 2 is 1.67 bits per heavy atom. The molecule has 2 rings (SSSR count). The summed E-state index contributed by atoms with van der Waals surface area (Å²) >= 11 is 5.99. The van der Waals surface area contributed by atoms with Crippen LogP contribution in [0.1, 0.15) is 21.5 Å². The number of benzene rings is 2. The number of carboxylic acids is 1. The Labute approximate surface area is 125 Å². The summed E-state index contributed by atoms with van der Waals surface area (Å²) in [6.45, 7) is 0. The third kappa shape index (κ3) is 3.11. The summed E-state index contributed by atoms with van der Waals surface area (Å²) in [6.07, 6.45) is 0. The molecule has 0 spiro atoms. The van der Waals surface area contributed by atoms with E-state index in [1.807, 2.05) is 12.1 Å². The van der Waals surface area contributed by atoms with Crippen molar-refractivity contribution in [3.8, 4) is 23.6 Å². The summed E-state index contributed by atoms with van der Waals surface area (Å²) in [4.78, 5) is 10.8. The van der Waals surface area contributed by atoms with Crippen LogP contribution in [-0.2, 0) is 0 Å². The lowest BCUT2D eigenvalue weighted by atomic mass is 10.1. The zero-order valence-electron chi connectivity index (χ0n) is 10.5. The van der Waals surface area contributed by atoms with E-state index < -0.39 is 5.97 Å². The second-order valence-electron chi connectivity index (χ2n) is 3.98. The standard InChI is InChI=1S/C15H7ClN2O3/c16-13-5-10(7-17)11(8-18)6-14(13)21-12-3-1-9(2-4-12)15(19)20/h1-6H,(H,19,20). The van der Waals surface area contributed by atoms with Gasteiger partial charge in [-0.25, -0.2) is 4.79 Å². The molecule has 0 saturated carbocycles. The molecule has 2 aromatic rings. The van der Waals surface area contributed by atoms with Gasteiger partial charge >= 0.3 is 5.97 Å². The molecule has 6 heteroatoms. The number of nitriles is 2. The molecule has 0 unspecified atom stereocenters. The van der Waals surface area contributed by atoms with E-state index in [4.69, 9.17) is 32.0 Å². The van der Waals surface area contributed by atoms with Crippen LogP contribution in [0.15, 0.2) is 36.4 Å². The van der Waals surface area contributed by atoms with Crippen LogP contribution < -0.4 is 4.74 Å². The largest absolute Gasteiger partial charge is 0.478 e. The normalized spacial score (nSPS) is 9.48. The van der Waals surface area contributed by atoms with E-state index in [1.165, 1.54) is 36.4 Å². The van der Waals surface area contributed by atoms with Crippen LogP contribution in [0.5, 0.6) is 11.5 Å². The third-order valence-electron chi connectivity index (χ3n) is 2.64. The minimum atomic E-state index is -1.04. The molecule has 21 heavy (non-hydrogen) atoms. The molecular weight excluding hydrogens is 292 g/mol. The van der Waals surface area contributed by atoms with Crippen molar-refractivity contribution in [2.24, 2.45) is 0 Å². The molecule has 0 saturated heterocycles. The summed E-state index contributed by atoms with van der Waals surface area (Å²) in [6, 6.07) is 12.2. The quantitative estimate of drug-likeness (QED) is 0.934. The second kappa shape index (κ2) is 5.96. The van der Waals surface area contributed by atoms with E-state index in [9.17, 15) is 4.79 Å². The Morgan fingerprint density at radius 1 is 1.10 bits per heavy atom. The zero-order chi connectivity index (χ0) is 15.4. The summed E-state index contributed by atoms with van der Waals surface area (Å²) in [5, 5.41) is 26.8. The summed E-state index contributed by atoms with van der Waals surface area (Å²) in [5.74, 6) is -0.449. The van der Waals surface area contributed by atoms with Gasteiger partial charge < -0.3 is 9.84 Å². The zero-order valence-corrected chi connectivity index (χ0v) is 11.3. The SMILES string of the molecule is N#Cc1cc(Cl)c(Oc2ccc(C(=O)O)cc2)cc1C#N. The van der Waals surface area contributed by atoms with Crippen molar-refractivity contribution in [1.29, 1.82) is 10.5 Å². The minimum Gasteiger partial charge on any atom is -0.478 e. The van der Waals surface area contributed by atoms with Crippen molar-refractivity contribution in [3.63, 3.8) is 0 Å². The van der Waals surface area contributed by atoms with Crippen LogP contribution in [-0.4, -0.2) is 11.1 Å². The van der Waals surface area contributed by atoms with Gasteiger partial charge in [0.2, 0.25) is 0 Å². The van der Waals surface area contributed by atoms with Gasteiger partial charge in [-0.3, -0.25) is 0 Å². The molecule has 0 aliphatic rings. The lowest BCUT2D eigenvalue weighted by Crippen LogP contribution is -1.95. The second-order valence-corrected chi connectivity index (χ2v) is 4.39. The maximum atomic E-state index is 10.8. The van der Waals surface area contributed by atoms with Gasteiger partial charge in [0.05, 0.1) is 21.7 Å². The highest BCUT2D eigenvalue weighted by Crippen LogP contribution is 2.32. The van der Waals surface area contributed by atoms with Crippen molar-refractivity contribution < 1.29 is 14.6 Å². The van der Waals surface area contributed by atoms with Gasteiger partial charge in [-0.2, -0.15) is 10.5 Å². The molecule has 5 nitrogen and oxygen atoms in total. The number of nitrogens with zero attached hydrogens (tertiary/aromatic N) is 2. The Morgan fingerprint density at radius 3 is 2.19 bits per heavy atom. The first kappa shape index (κ1) is 14.4. The first-order valence-electron chi connectivity index (χ1n) is 5.70. The van der Waals surface area contributed by atoms with Crippen LogP contribution >= 0.6 is 11.6 Å². The van der Waals surface area contributed by atoms with Gasteiger partial charge in [0, 0.05) is 6.07 Å². The Hall–Kier alpha value is -3.02. The minimum absolute atomic E-state index is 0.131. The topological polar surface area (TPSA) is 94.1 Å². The lowest BCUT2D eigenvalue weighted by molar-refractivity contribution is 0.0697. The predicted molar refractivity (Wildman–Crippen MR) is 74.4 cm³/mol. The average molecular weight is 299 g/mol. The highest BCUT2D eigenvalue weighted by Gasteiger charge is 2.11. The van der Waals surface area contributed by atoms with Gasteiger partial charge in [-0.05, 0) is 30.3 Å². The summed E-state index contributed by atoms with van der Waals surface area (Å²) in [7, 11) is 0. The number of hydrogen-bond acceptors (Lipinski definition) is 4. The van der Waals surface area contributed by atoms with Gasteiger partial charge in [-0.15, -0.1) is 0 Å². The van der Waals surface area contributed by atoms with Crippen LogP contribution in [0.3, 0.4) is 0 Å². The molecule has 0 aliphatic carbocycles. The molecule has 0 atom stereocenters. The van der Waals surface area contributed by atoms with E-state index in [2.05, 4.69) is 0 Å². The van der Waals surface area contributed by atoms with E-state index in [-0.39, 0.29) is 27.5 Å². The van der Waals surface area contributed by atoms with Crippen LogP contribution in [0, 0.1) is 22.7 Å². The van der Waals surface area contributed by atoms with Gasteiger partial charge in [-0.1, -0.05) is 11.6 Å². The van der Waals surface area contributed by atoms with Crippen molar-refractivity contribution in [1.82, 2.24) is 0 Å². The molecule has 0 aromatic heterocycles. The van der Waals surface area contributed by atoms with E-state index in [0.717, 1.165) is 0 Å². The molecule has 0 radical (unpaired) electrons. The molecule has 0 amide bonds. The number of rotatable bonds is 3. The fourth-order valence-electron chi connectivity index (χ4n) is 1.61. The maximum absolute atomic E-state index is 10.8.